The zero-order chi connectivity index (χ0) is 10.2. The summed E-state index contributed by atoms with van der Waals surface area (Å²) in [5, 5.41) is 26.1. The SMILES string of the molecule is O=C(O)CC1(O)CC(=O)N(O)C1=O. The van der Waals surface area contributed by atoms with Crippen molar-refractivity contribution < 1.29 is 29.8 Å². The molecule has 0 spiro atoms. The van der Waals surface area contributed by atoms with Crippen LogP contribution in [0, 0.1) is 0 Å². The molecule has 1 aliphatic rings. The quantitative estimate of drug-likeness (QED) is 0.353. The lowest BCUT2D eigenvalue weighted by Crippen LogP contribution is -2.40. The number of carbonyl (C=O) groups is 3. The minimum absolute atomic E-state index is 0.261. The summed E-state index contributed by atoms with van der Waals surface area (Å²) in [6.45, 7) is 0. The van der Waals surface area contributed by atoms with Gasteiger partial charge >= 0.3 is 5.97 Å². The summed E-state index contributed by atoms with van der Waals surface area (Å²) < 4.78 is 0. The maximum absolute atomic E-state index is 10.9. The second-order valence-corrected chi connectivity index (χ2v) is 2.79. The van der Waals surface area contributed by atoms with Crippen molar-refractivity contribution in [1.82, 2.24) is 5.06 Å². The van der Waals surface area contributed by atoms with E-state index in [4.69, 9.17) is 10.3 Å². The molecule has 2 amide bonds. The predicted octanol–water partition coefficient (Wildman–Crippen LogP) is -1.66. The van der Waals surface area contributed by atoms with Crippen molar-refractivity contribution in [2.45, 2.75) is 18.4 Å². The molecule has 0 aromatic rings. The predicted molar refractivity (Wildman–Crippen MR) is 35.5 cm³/mol. The normalized spacial score (nSPS) is 28.3. The molecule has 0 aromatic carbocycles. The molecule has 1 fully saturated rings. The molecule has 1 aliphatic heterocycles. The van der Waals surface area contributed by atoms with Gasteiger partial charge in [-0.15, -0.1) is 0 Å². The summed E-state index contributed by atoms with van der Waals surface area (Å²) in [4.78, 5) is 31.8. The van der Waals surface area contributed by atoms with Crippen LogP contribution in [0.25, 0.3) is 0 Å². The van der Waals surface area contributed by atoms with Crippen LogP contribution in [-0.4, -0.2) is 43.9 Å². The Labute approximate surface area is 72.1 Å². The third kappa shape index (κ3) is 1.51. The Bertz CT molecular complexity index is 283. The van der Waals surface area contributed by atoms with Gasteiger partial charge < -0.3 is 10.2 Å². The van der Waals surface area contributed by atoms with E-state index in [1.807, 2.05) is 0 Å². The highest BCUT2D eigenvalue weighted by atomic mass is 16.5. The topological polar surface area (TPSA) is 115 Å². The van der Waals surface area contributed by atoms with E-state index in [1.165, 1.54) is 0 Å². The molecule has 0 radical (unpaired) electrons. The fourth-order valence-corrected chi connectivity index (χ4v) is 1.10. The van der Waals surface area contributed by atoms with E-state index < -0.39 is 36.2 Å². The fourth-order valence-electron chi connectivity index (χ4n) is 1.10. The van der Waals surface area contributed by atoms with Crippen LogP contribution in [0.2, 0.25) is 0 Å². The van der Waals surface area contributed by atoms with Crippen LogP contribution < -0.4 is 0 Å². The highest BCUT2D eigenvalue weighted by molar-refractivity contribution is 6.07. The van der Waals surface area contributed by atoms with Crippen LogP contribution in [0.1, 0.15) is 12.8 Å². The molecule has 13 heavy (non-hydrogen) atoms. The van der Waals surface area contributed by atoms with Gasteiger partial charge in [-0.05, 0) is 0 Å². The maximum Gasteiger partial charge on any atom is 0.306 e. The summed E-state index contributed by atoms with van der Waals surface area (Å²) in [6, 6.07) is 0. The number of amides is 2. The molecule has 7 nitrogen and oxygen atoms in total. The van der Waals surface area contributed by atoms with Gasteiger partial charge in [0.1, 0.15) is 0 Å². The van der Waals surface area contributed by atoms with Crippen molar-refractivity contribution in [2.75, 3.05) is 0 Å². The lowest BCUT2D eigenvalue weighted by atomic mass is 9.98. The van der Waals surface area contributed by atoms with E-state index in [1.54, 1.807) is 0 Å². The zero-order valence-corrected chi connectivity index (χ0v) is 6.43. The van der Waals surface area contributed by atoms with Crippen molar-refractivity contribution in [1.29, 1.82) is 0 Å². The number of hydrogen-bond acceptors (Lipinski definition) is 5. The first kappa shape index (κ1) is 9.62. The molecule has 7 heteroatoms. The lowest BCUT2D eigenvalue weighted by Gasteiger charge is -2.15. The van der Waals surface area contributed by atoms with Crippen LogP contribution in [-0.2, 0) is 14.4 Å². The van der Waals surface area contributed by atoms with Gasteiger partial charge in [-0.3, -0.25) is 19.6 Å². The number of aliphatic carboxylic acids is 1. The Morgan fingerprint density at radius 2 is 2.08 bits per heavy atom. The molecule has 1 saturated heterocycles. The van der Waals surface area contributed by atoms with Gasteiger partial charge in [-0.1, -0.05) is 0 Å². The first-order chi connectivity index (χ1) is 5.87. The Morgan fingerprint density at radius 3 is 2.38 bits per heavy atom. The first-order valence-electron chi connectivity index (χ1n) is 3.37. The average Bonchev–Trinajstić information content (AvgIpc) is 2.14. The third-order valence-corrected chi connectivity index (χ3v) is 1.71. The molecular formula is C6H7NO6. The monoisotopic (exact) mass is 189 g/mol. The van der Waals surface area contributed by atoms with Crippen LogP contribution in [0.4, 0.5) is 0 Å². The maximum atomic E-state index is 10.9. The van der Waals surface area contributed by atoms with Gasteiger partial charge in [0, 0.05) is 0 Å². The van der Waals surface area contributed by atoms with E-state index >= 15 is 0 Å². The second kappa shape index (κ2) is 2.79. The van der Waals surface area contributed by atoms with Crippen LogP contribution in [0.15, 0.2) is 0 Å². The van der Waals surface area contributed by atoms with Crippen LogP contribution >= 0.6 is 0 Å². The standard InChI is InChI=1S/C6H7NO6/c8-3-1-6(12,2-4(9)10)5(11)7(3)13/h12-13H,1-2H2,(H,9,10). The molecule has 3 N–H and O–H groups in total. The van der Waals surface area contributed by atoms with Crippen molar-refractivity contribution in [2.24, 2.45) is 0 Å². The van der Waals surface area contributed by atoms with Crippen molar-refractivity contribution in [3.63, 3.8) is 0 Å². The van der Waals surface area contributed by atoms with Gasteiger partial charge in [-0.25, -0.2) is 0 Å². The number of nitrogens with zero attached hydrogens (tertiary/aromatic N) is 1. The van der Waals surface area contributed by atoms with Gasteiger partial charge in [-0.2, -0.15) is 5.06 Å². The Balaban J connectivity index is 2.87. The smallest absolute Gasteiger partial charge is 0.306 e. The van der Waals surface area contributed by atoms with Gasteiger partial charge in [0.05, 0.1) is 12.8 Å². The number of aliphatic hydroxyl groups is 1. The van der Waals surface area contributed by atoms with E-state index in [2.05, 4.69) is 0 Å². The summed E-state index contributed by atoms with van der Waals surface area (Å²) >= 11 is 0. The molecule has 1 rings (SSSR count). The average molecular weight is 189 g/mol. The van der Waals surface area contributed by atoms with E-state index in [0.29, 0.717) is 0 Å². The van der Waals surface area contributed by atoms with Crippen molar-refractivity contribution in [3.8, 4) is 0 Å². The van der Waals surface area contributed by atoms with Crippen molar-refractivity contribution in [3.05, 3.63) is 0 Å². The molecule has 1 unspecified atom stereocenters. The molecular weight excluding hydrogens is 182 g/mol. The summed E-state index contributed by atoms with van der Waals surface area (Å²) in [5.74, 6) is -3.72. The molecule has 1 heterocycles. The Kier molecular flexibility index (Phi) is 2.06. The highest BCUT2D eigenvalue weighted by Crippen LogP contribution is 2.25. The number of hydrogen-bond donors (Lipinski definition) is 3. The number of carbonyl (C=O) groups excluding carboxylic acids is 2. The summed E-state index contributed by atoms with van der Waals surface area (Å²) in [7, 11) is 0. The number of hydroxylamine groups is 2. The molecule has 0 aromatic heterocycles. The third-order valence-electron chi connectivity index (χ3n) is 1.71. The minimum Gasteiger partial charge on any atom is -0.481 e. The molecule has 0 saturated carbocycles. The lowest BCUT2D eigenvalue weighted by molar-refractivity contribution is -0.178. The molecule has 0 bridgehead atoms. The molecule has 72 valence electrons. The van der Waals surface area contributed by atoms with Crippen LogP contribution in [0.5, 0.6) is 0 Å². The van der Waals surface area contributed by atoms with Crippen molar-refractivity contribution >= 4 is 17.8 Å². The highest BCUT2D eigenvalue weighted by Gasteiger charge is 2.51. The van der Waals surface area contributed by atoms with E-state index in [0.717, 1.165) is 0 Å². The van der Waals surface area contributed by atoms with Gasteiger partial charge in [0.25, 0.3) is 11.8 Å². The number of rotatable bonds is 2. The second-order valence-electron chi connectivity index (χ2n) is 2.79. The Hall–Kier alpha value is -1.47. The van der Waals surface area contributed by atoms with Crippen LogP contribution in [0.3, 0.4) is 0 Å². The molecule has 1 atom stereocenters. The summed E-state index contributed by atoms with van der Waals surface area (Å²) in [5.41, 5.74) is -2.29. The largest absolute Gasteiger partial charge is 0.481 e. The Morgan fingerprint density at radius 1 is 1.54 bits per heavy atom. The van der Waals surface area contributed by atoms with Gasteiger partial charge in [0.2, 0.25) is 0 Å². The summed E-state index contributed by atoms with van der Waals surface area (Å²) in [6.07, 6.45) is -1.59. The number of imide groups is 1. The first-order valence-corrected chi connectivity index (χ1v) is 3.37. The number of carboxylic acid groups (broad SMARTS) is 1. The zero-order valence-electron chi connectivity index (χ0n) is 6.43. The number of carboxylic acids is 1. The molecule has 0 aliphatic carbocycles. The fraction of sp³-hybridized carbons (Fsp3) is 0.500. The van der Waals surface area contributed by atoms with E-state index in [-0.39, 0.29) is 5.06 Å². The minimum atomic E-state index is -2.29. The van der Waals surface area contributed by atoms with E-state index in [9.17, 15) is 19.5 Å². The van der Waals surface area contributed by atoms with Gasteiger partial charge in [0.15, 0.2) is 5.60 Å².